The molecule has 0 bridgehead atoms. The molecule has 0 aliphatic carbocycles. The van der Waals surface area contributed by atoms with E-state index in [0.717, 1.165) is 19.1 Å². The maximum absolute atomic E-state index is 11.2. The van der Waals surface area contributed by atoms with Crippen molar-refractivity contribution < 1.29 is 14.6 Å². The molecule has 0 aromatic rings. The van der Waals surface area contributed by atoms with E-state index < -0.39 is 5.97 Å². The average Bonchev–Trinajstić information content (AvgIpc) is 2.19. The maximum Gasteiger partial charge on any atom is 0.337 e. The predicted molar refractivity (Wildman–Crippen MR) is 56.1 cm³/mol. The third-order valence-corrected chi connectivity index (χ3v) is 2.03. The van der Waals surface area contributed by atoms with Gasteiger partial charge in [0.15, 0.2) is 0 Å². The molecule has 0 rings (SSSR count). The van der Waals surface area contributed by atoms with Gasteiger partial charge in [-0.25, -0.2) is 4.79 Å². The Morgan fingerprint density at radius 2 is 2.00 bits per heavy atom. The molecule has 0 saturated carbocycles. The molecule has 0 heterocycles. The first-order valence-corrected chi connectivity index (χ1v) is 5.26. The largest absolute Gasteiger partial charge is 0.515 e. The van der Waals surface area contributed by atoms with Gasteiger partial charge in [0.05, 0.1) is 18.4 Å². The Hall–Kier alpha value is -0.990. The normalized spacial score (nSPS) is 11.4. The smallest absolute Gasteiger partial charge is 0.337 e. The molecule has 3 heteroatoms. The van der Waals surface area contributed by atoms with Crippen molar-refractivity contribution in [1.82, 2.24) is 0 Å². The third-order valence-electron chi connectivity index (χ3n) is 2.03. The molecule has 0 radical (unpaired) electrons. The van der Waals surface area contributed by atoms with Crippen LogP contribution in [0.15, 0.2) is 11.8 Å². The fraction of sp³-hybridized carbons (Fsp3) is 0.727. The van der Waals surface area contributed by atoms with E-state index in [1.54, 1.807) is 6.92 Å². The molecular formula is C11H20O3. The second-order valence-electron chi connectivity index (χ2n) is 3.20. The van der Waals surface area contributed by atoms with Gasteiger partial charge in [-0.2, -0.15) is 0 Å². The van der Waals surface area contributed by atoms with Crippen LogP contribution in [-0.2, 0) is 9.53 Å². The van der Waals surface area contributed by atoms with E-state index >= 15 is 0 Å². The molecular weight excluding hydrogens is 180 g/mol. The topological polar surface area (TPSA) is 46.5 Å². The minimum Gasteiger partial charge on any atom is -0.515 e. The lowest BCUT2D eigenvalue weighted by Gasteiger charge is -2.04. The number of esters is 1. The van der Waals surface area contributed by atoms with E-state index in [2.05, 4.69) is 6.92 Å². The van der Waals surface area contributed by atoms with Crippen molar-refractivity contribution in [2.24, 2.45) is 0 Å². The summed E-state index contributed by atoms with van der Waals surface area (Å²) < 4.78 is 4.97. The molecule has 0 aromatic heterocycles. The zero-order valence-electron chi connectivity index (χ0n) is 9.08. The molecule has 0 saturated heterocycles. The summed E-state index contributed by atoms with van der Waals surface area (Å²) in [4.78, 5) is 11.2. The molecule has 0 fully saturated rings. The second kappa shape index (κ2) is 8.60. The number of ether oxygens (including phenoxy) is 1. The molecule has 0 amide bonds. The van der Waals surface area contributed by atoms with Crippen molar-refractivity contribution in [3.05, 3.63) is 11.8 Å². The Balaban J connectivity index is 3.53. The van der Waals surface area contributed by atoms with Gasteiger partial charge in [-0.05, 0) is 12.8 Å². The van der Waals surface area contributed by atoms with Crippen LogP contribution in [-0.4, -0.2) is 17.7 Å². The minimum absolute atomic E-state index is 0.334. The Labute approximate surface area is 85.8 Å². The van der Waals surface area contributed by atoms with Crippen LogP contribution in [0.1, 0.15) is 46.0 Å². The highest BCUT2D eigenvalue weighted by atomic mass is 16.5. The van der Waals surface area contributed by atoms with Gasteiger partial charge in [-0.15, -0.1) is 0 Å². The Bertz CT molecular complexity index is 185. The summed E-state index contributed by atoms with van der Waals surface area (Å²) in [5.41, 5.74) is 0.334. The van der Waals surface area contributed by atoms with Crippen LogP contribution in [0.3, 0.4) is 0 Å². The van der Waals surface area contributed by atoms with Crippen molar-refractivity contribution in [3.63, 3.8) is 0 Å². The Morgan fingerprint density at radius 1 is 1.29 bits per heavy atom. The lowest BCUT2D eigenvalue weighted by Crippen LogP contribution is -2.08. The van der Waals surface area contributed by atoms with Gasteiger partial charge in [0.2, 0.25) is 0 Å². The van der Waals surface area contributed by atoms with Gasteiger partial charge in [0.1, 0.15) is 0 Å². The first kappa shape index (κ1) is 13.0. The summed E-state index contributed by atoms with van der Waals surface area (Å²) in [6.07, 6.45) is 5.67. The number of hydrogen-bond acceptors (Lipinski definition) is 3. The number of hydrogen-bond donors (Lipinski definition) is 1. The average molecular weight is 200 g/mol. The Kier molecular flexibility index (Phi) is 7.99. The number of aliphatic hydroxyl groups excluding tert-OH is 1. The summed E-state index contributed by atoms with van der Waals surface area (Å²) in [5, 5.41) is 8.67. The van der Waals surface area contributed by atoms with E-state index in [0.29, 0.717) is 18.6 Å². The summed E-state index contributed by atoms with van der Waals surface area (Å²) in [7, 11) is 0. The first-order chi connectivity index (χ1) is 6.76. The zero-order chi connectivity index (χ0) is 10.8. The van der Waals surface area contributed by atoms with Crippen LogP contribution in [0.5, 0.6) is 0 Å². The highest BCUT2D eigenvalue weighted by Gasteiger charge is 2.07. The van der Waals surface area contributed by atoms with E-state index in [1.807, 2.05) is 0 Å². The van der Waals surface area contributed by atoms with Gasteiger partial charge >= 0.3 is 5.97 Å². The predicted octanol–water partition coefficient (Wildman–Crippen LogP) is 2.96. The van der Waals surface area contributed by atoms with Crippen molar-refractivity contribution in [1.29, 1.82) is 0 Å². The first-order valence-electron chi connectivity index (χ1n) is 5.26. The van der Waals surface area contributed by atoms with Gasteiger partial charge < -0.3 is 9.84 Å². The van der Waals surface area contributed by atoms with Gasteiger partial charge in [-0.1, -0.05) is 33.1 Å². The van der Waals surface area contributed by atoms with Crippen molar-refractivity contribution in [2.75, 3.05) is 6.61 Å². The molecule has 0 aliphatic rings. The minimum atomic E-state index is -0.397. The zero-order valence-corrected chi connectivity index (χ0v) is 9.08. The molecule has 0 aromatic carbocycles. The quantitative estimate of drug-likeness (QED) is 0.297. The summed E-state index contributed by atoms with van der Waals surface area (Å²) in [6.45, 7) is 4.40. The van der Waals surface area contributed by atoms with Gasteiger partial charge in [0, 0.05) is 0 Å². The second-order valence-corrected chi connectivity index (χ2v) is 3.20. The third kappa shape index (κ3) is 5.62. The molecule has 0 unspecified atom stereocenters. The van der Waals surface area contributed by atoms with Crippen LogP contribution < -0.4 is 0 Å². The van der Waals surface area contributed by atoms with Crippen molar-refractivity contribution in [3.8, 4) is 0 Å². The lowest BCUT2D eigenvalue weighted by molar-refractivity contribution is -0.139. The van der Waals surface area contributed by atoms with Crippen LogP contribution in [0.2, 0.25) is 0 Å². The summed E-state index contributed by atoms with van der Waals surface area (Å²) in [5.74, 6) is -0.397. The Morgan fingerprint density at radius 3 is 2.50 bits per heavy atom. The number of aliphatic hydroxyl groups is 1. The van der Waals surface area contributed by atoms with E-state index in [9.17, 15) is 4.79 Å². The fourth-order valence-electron chi connectivity index (χ4n) is 1.07. The van der Waals surface area contributed by atoms with E-state index in [-0.39, 0.29) is 0 Å². The number of carbonyl (C=O) groups excluding carboxylic acids is 1. The molecule has 82 valence electrons. The monoisotopic (exact) mass is 200 g/mol. The molecule has 0 aliphatic heterocycles. The van der Waals surface area contributed by atoms with Crippen LogP contribution in [0.25, 0.3) is 0 Å². The van der Waals surface area contributed by atoms with Gasteiger partial charge in [-0.3, -0.25) is 0 Å². The number of rotatable bonds is 7. The number of unbranched alkanes of at least 4 members (excludes halogenated alkanes) is 3. The molecule has 1 N–H and O–H groups in total. The van der Waals surface area contributed by atoms with Crippen LogP contribution in [0.4, 0.5) is 0 Å². The van der Waals surface area contributed by atoms with Crippen molar-refractivity contribution in [2.45, 2.75) is 46.0 Å². The number of carbonyl (C=O) groups is 1. The highest BCUT2D eigenvalue weighted by molar-refractivity contribution is 5.87. The SMILES string of the molecule is CCCCCCOC(=O)/C(=C/O)CC. The van der Waals surface area contributed by atoms with Gasteiger partial charge in [0.25, 0.3) is 0 Å². The molecule has 3 nitrogen and oxygen atoms in total. The fourth-order valence-corrected chi connectivity index (χ4v) is 1.07. The molecule has 0 spiro atoms. The summed E-state index contributed by atoms with van der Waals surface area (Å²) in [6, 6.07) is 0. The standard InChI is InChI=1S/C11H20O3/c1-3-5-6-7-8-14-11(13)10(4-2)9-12/h9,12H,3-8H2,1-2H3/b10-9+. The van der Waals surface area contributed by atoms with Crippen molar-refractivity contribution >= 4 is 5.97 Å². The molecule has 14 heavy (non-hydrogen) atoms. The van der Waals surface area contributed by atoms with Crippen LogP contribution >= 0.6 is 0 Å². The van der Waals surface area contributed by atoms with E-state index in [4.69, 9.17) is 9.84 Å². The maximum atomic E-state index is 11.2. The highest BCUT2D eigenvalue weighted by Crippen LogP contribution is 2.04. The van der Waals surface area contributed by atoms with Crippen LogP contribution in [0, 0.1) is 0 Å². The lowest BCUT2D eigenvalue weighted by atomic mass is 10.2. The molecule has 0 atom stereocenters. The van der Waals surface area contributed by atoms with E-state index in [1.165, 1.54) is 12.8 Å². The summed E-state index contributed by atoms with van der Waals surface area (Å²) >= 11 is 0.